The zero-order valence-electron chi connectivity index (χ0n) is 14.4. The lowest BCUT2D eigenvalue weighted by Crippen LogP contribution is -2.49. The third-order valence-electron chi connectivity index (χ3n) is 3.83. The Morgan fingerprint density at radius 2 is 2.30 bits per heavy atom. The molecule has 1 N–H and O–H groups in total. The summed E-state index contributed by atoms with van der Waals surface area (Å²) in [6.07, 6.45) is 2.74. The molecule has 6 heteroatoms. The van der Waals surface area contributed by atoms with Gasteiger partial charge < -0.3 is 10.2 Å². The number of thioether (sulfide) groups is 1. The van der Waals surface area contributed by atoms with Crippen molar-refractivity contribution in [1.29, 1.82) is 0 Å². The zero-order chi connectivity index (χ0) is 15.8. The average Bonchev–Trinajstić information content (AvgIpc) is 2.55. The molecule has 0 bridgehead atoms. The molecule has 1 aromatic heterocycles. The molecule has 2 heterocycles. The van der Waals surface area contributed by atoms with E-state index in [0.717, 1.165) is 44.3 Å². The van der Waals surface area contributed by atoms with Crippen LogP contribution in [0.4, 0.5) is 0 Å². The van der Waals surface area contributed by atoms with E-state index in [1.165, 1.54) is 5.75 Å². The Morgan fingerprint density at radius 3 is 2.96 bits per heavy atom. The van der Waals surface area contributed by atoms with Gasteiger partial charge in [0.1, 0.15) is 0 Å². The van der Waals surface area contributed by atoms with Crippen LogP contribution in [0.15, 0.2) is 29.4 Å². The Balaban J connectivity index is 0.00000264. The molecule has 0 amide bonds. The number of pyridine rings is 1. The van der Waals surface area contributed by atoms with E-state index in [4.69, 9.17) is 4.99 Å². The van der Waals surface area contributed by atoms with Gasteiger partial charge in [-0.25, -0.2) is 0 Å². The topological polar surface area (TPSA) is 40.5 Å². The number of hydrogen-bond acceptors (Lipinski definition) is 3. The van der Waals surface area contributed by atoms with Gasteiger partial charge in [-0.3, -0.25) is 9.98 Å². The summed E-state index contributed by atoms with van der Waals surface area (Å²) >= 11 is 2.10. The van der Waals surface area contributed by atoms with E-state index < -0.39 is 0 Å². The molecule has 1 aromatic rings. The van der Waals surface area contributed by atoms with Crippen molar-refractivity contribution < 1.29 is 0 Å². The minimum absolute atomic E-state index is 0. The first-order valence-corrected chi connectivity index (χ1v) is 9.30. The van der Waals surface area contributed by atoms with E-state index in [1.807, 2.05) is 18.3 Å². The first-order chi connectivity index (χ1) is 10.7. The molecule has 1 aliphatic rings. The maximum Gasteiger partial charge on any atom is 0.193 e. The number of aromatic nitrogens is 1. The molecule has 1 aliphatic heterocycles. The normalized spacial score (nSPS) is 18.7. The Morgan fingerprint density at radius 1 is 1.48 bits per heavy atom. The molecule has 0 aromatic carbocycles. The highest BCUT2D eigenvalue weighted by atomic mass is 127. The van der Waals surface area contributed by atoms with Crippen LogP contribution in [0.2, 0.25) is 0 Å². The maximum absolute atomic E-state index is 4.81. The molecular weight excluding hydrogens is 419 g/mol. The van der Waals surface area contributed by atoms with E-state index in [9.17, 15) is 0 Å². The van der Waals surface area contributed by atoms with Gasteiger partial charge in [-0.15, -0.1) is 24.0 Å². The molecule has 0 saturated carbocycles. The maximum atomic E-state index is 4.81. The van der Waals surface area contributed by atoms with E-state index in [-0.39, 0.29) is 24.0 Å². The summed E-state index contributed by atoms with van der Waals surface area (Å²) in [5.74, 6) is 2.96. The molecule has 130 valence electrons. The summed E-state index contributed by atoms with van der Waals surface area (Å²) in [5.41, 5.74) is 1.11. The van der Waals surface area contributed by atoms with Crippen LogP contribution in [-0.2, 0) is 6.42 Å². The molecule has 1 unspecified atom stereocenters. The van der Waals surface area contributed by atoms with Gasteiger partial charge >= 0.3 is 0 Å². The van der Waals surface area contributed by atoms with Gasteiger partial charge in [0, 0.05) is 55.5 Å². The highest BCUT2D eigenvalue weighted by molar-refractivity contribution is 14.0. The van der Waals surface area contributed by atoms with Gasteiger partial charge in [-0.2, -0.15) is 11.8 Å². The average molecular weight is 448 g/mol. The van der Waals surface area contributed by atoms with E-state index in [0.29, 0.717) is 11.2 Å². The predicted molar refractivity (Wildman–Crippen MR) is 112 cm³/mol. The number of aliphatic imine (C=N–C) groups is 1. The zero-order valence-corrected chi connectivity index (χ0v) is 17.5. The summed E-state index contributed by atoms with van der Waals surface area (Å²) in [6, 6.07) is 6.05. The van der Waals surface area contributed by atoms with E-state index in [2.05, 4.69) is 53.8 Å². The van der Waals surface area contributed by atoms with Crippen LogP contribution in [0, 0.1) is 5.92 Å². The van der Waals surface area contributed by atoms with Crippen molar-refractivity contribution in [3.05, 3.63) is 30.1 Å². The van der Waals surface area contributed by atoms with Crippen molar-refractivity contribution in [3.63, 3.8) is 0 Å². The first-order valence-electron chi connectivity index (χ1n) is 8.25. The Hall–Kier alpha value is -0.500. The Bertz CT molecular complexity index is 467. The fourth-order valence-corrected chi connectivity index (χ4v) is 3.82. The molecule has 1 fully saturated rings. The molecule has 0 aliphatic carbocycles. The molecule has 23 heavy (non-hydrogen) atoms. The summed E-state index contributed by atoms with van der Waals surface area (Å²) in [7, 11) is 0. The lowest BCUT2D eigenvalue weighted by Gasteiger charge is -2.36. The smallest absolute Gasteiger partial charge is 0.193 e. The largest absolute Gasteiger partial charge is 0.357 e. The molecule has 2 rings (SSSR count). The number of halogens is 1. The molecular formula is C17H29IN4S. The van der Waals surface area contributed by atoms with Gasteiger partial charge in [-0.1, -0.05) is 19.9 Å². The third kappa shape index (κ3) is 6.87. The van der Waals surface area contributed by atoms with Crippen molar-refractivity contribution in [2.24, 2.45) is 10.9 Å². The summed E-state index contributed by atoms with van der Waals surface area (Å²) in [5, 5.41) is 4.15. The van der Waals surface area contributed by atoms with Gasteiger partial charge in [0.05, 0.1) is 0 Å². The van der Waals surface area contributed by atoms with E-state index in [1.54, 1.807) is 0 Å². The lowest BCUT2D eigenvalue weighted by atomic mass is 10.1. The van der Waals surface area contributed by atoms with Crippen LogP contribution in [-0.4, -0.2) is 53.0 Å². The highest BCUT2D eigenvalue weighted by Crippen LogP contribution is 2.24. The second-order valence-electron chi connectivity index (χ2n) is 5.91. The monoisotopic (exact) mass is 448 g/mol. The van der Waals surface area contributed by atoms with Gasteiger partial charge in [0.25, 0.3) is 0 Å². The number of guanidine groups is 1. The summed E-state index contributed by atoms with van der Waals surface area (Å²) in [4.78, 5) is 11.6. The first kappa shape index (κ1) is 20.5. The molecule has 0 spiro atoms. The van der Waals surface area contributed by atoms with Crippen molar-refractivity contribution in [1.82, 2.24) is 15.2 Å². The van der Waals surface area contributed by atoms with Crippen LogP contribution in [0.1, 0.15) is 26.5 Å². The second-order valence-corrected chi connectivity index (χ2v) is 7.25. The van der Waals surface area contributed by atoms with Crippen molar-refractivity contribution in [3.8, 4) is 0 Å². The van der Waals surface area contributed by atoms with Crippen LogP contribution in [0.3, 0.4) is 0 Å². The minimum Gasteiger partial charge on any atom is -0.357 e. The standard InChI is InChI=1S/C17H28N4S.HI/c1-4-18-17(20-10-8-15-7-5-6-9-19-15)21-11-12-22-16(13-21)14(2)3;/h5-7,9,14,16H,4,8,10-13H2,1-3H3,(H,18,20);1H. The Kier molecular flexibility index (Phi) is 9.94. The quantitative estimate of drug-likeness (QED) is 0.427. The number of nitrogens with one attached hydrogen (secondary N) is 1. The summed E-state index contributed by atoms with van der Waals surface area (Å²) < 4.78 is 0. The van der Waals surface area contributed by atoms with Gasteiger partial charge in [-0.05, 0) is 25.0 Å². The predicted octanol–water partition coefficient (Wildman–Crippen LogP) is 3.28. The SMILES string of the molecule is CCNC(=NCCc1ccccn1)N1CCSC(C(C)C)C1.I. The van der Waals surface area contributed by atoms with Crippen LogP contribution in [0.25, 0.3) is 0 Å². The fraction of sp³-hybridized carbons (Fsp3) is 0.647. The minimum atomic E-state index is 0. The molecule has 1 saturated heterocycles. The van der Waals surface area contributed by atoms with Crippen molar-refractivity contribution in [2.75, 3.05) is 31.9 Å². The van der Waals surface area contributed by atoms with Gasteiger partial charge in [0.2, 0.25) is 0 Å². The molecule has 4 nitrogen and oxygen atoms in total. The molecule has 0 radical (unpaired) electrons. The van der Waals surface area contributed by atoms with Crippen molar-refractivity contribution >= 4 is 41.7 Å². The summed E-state index contributed by atoms with van der Waals surface area (Å²) in [6.45, 7) is 10.6. The van der Waals surface area contributed by atoms with Crippen LogP contribution in [0.5, 0.6) is 0 Å². The van der Waals surface area contributed by atoms with Crippen molar-refractivity contribution in [2.45, 2.75) is 32.4 Å². The number of rotatable bonds is 5. The highest BCUT2D eigenvalue weighted by Gasteiger charge is 2.24. The Labute approximate surface area is 161 Å². The number of nitrogens with zero attached hydrogens (tertiary/aromatic N) is 3. The van der Waals surface area contributed by atoms with Crippen LogP contribution >= 0.6 is 35.7 Å². The fourth-order valence-electron chi connectivity index (χ4n) is 2.52. The molecule has 1 atom stereocenters. The third-order valence-corrected chi connectivity index (χ3v) is 5.37. The second kappa shape index (κ2) is 11.1. The van der Waals surface area contributed by atoms with Gasteiger partial charge in [0.15, 0.2) is 5.96 Å². The number of hydrogen-bond donors (Lipinski definition) is 1. The lowest BCUT2D eigenvalue weighted by molar-refractivity contribution is 0.381. The van der Waals surface area contributed by atoms with E-state index >= 15 is 0 Å². The van der Waals surface area contributed by atoms with Crippen LogP contribution < -0.4 is 5.32 Å².